The number of ketones is 1. The number of carbonyl (C=O) groups excluding carboxylic acids is 2. The Morgan fingerprint density at radius 3 is 2.56 bits per heavy atom. The highest BCUT2D eigenvalue weighted by Crippen LogP contribution is 2.32. The maximum atomic E-state index is 13.6. The largest absolute Gasteiger partial charge is 0.320 e. The lowest BCUT2D eigenvalue weighted by Crippen LogP contribution is -2.36. The summed E-state index contributed by atoms with van der Waals surface area (Å²) in [6, 6.07) is 11.5. The second kappa shape index (κ2) is 10.5. The van der Waals surface area contributed by atoms with Crippen LogP contribution in [0.4, 0.5) is 8.78 Å². The van der Waals surface area contributed by atoms with Gasteiger partial charge in [-0.2, -0.15) is 18.8 Å². The van der Waals surface area contributed by atoms with Gasteiger partial charge < -0.3 is 4.90 Å². The fraction of sp³-hybridized carbons (Fsp3) is 0.240. The Balaban J connectivity index is 0.00000324. The zero-order valence-electron chi connectivity index (χ0n) is 18.1. The van der Waals surface area contributed by atoms with Crippen molar-refractivity contribution in [2.75, 3.05) is 6.54 Å². The Bertz CT molecular complexity index is 1270. The lowest BCUT2D eigenvalue weighted by atomic mass is 10.00. The van der Waals surface area contributed by atoms with Crippen LogP contribution in [0.1, 0.15) is 40.7 Å². The summed E-state index contributed by atoms with van der Waals surface area (Å²) < 4.78 is 27.2. The van der Waals surface area contributed by atoms with Gasteiger partial charge in [0.2, 0.25) is 5.91 Å². The van der Waals surface area contributed by atoms with Gasteiger partial charge in [0.15, 0.2) is 5.78 Å². The van der Waals surface area contributed by atoms with Crippen LogP contribution in [0.25, 0.3) is 23.1 Å². The third kappa shape index (κ3) is 5.64. The van der Waals surface area contributed by atoms with Crippen LogP contribution in [-0.4, -0.2) is 45.1 Å². The van der Waals surface area contributed by atoms with Crippen LogP contribution in [0.15, 0.2) is 55.0 Å². The highest BCUT2D eigenvalue weighted by atomic mass is 32.1. The van der Waals surface area contributed by atoms with Crippen molar-refractivity contribution in [2.45, 2.75) is 31.2 Å². The Morgan fingerprint density at radius 1 is 1.09 bits per heavy atom. The number of nitriles is 1. The van der Waals surface area contributed by atoms with Crippen LogP contribution in [0.5, 0.6) is 0 Å². The van der Waals surface area contributed by atoms with Gasteiger partial charge in [0.1, 0.15) is 6.04 Å². The second-order valence-electron chi connectivity index (χ2n) is 7.90. The number of amides is 1. The van der Waals surface area contributed by atoms with Gasteiger partial charge in [-0.25, -0.2) is 8.78 Å². The number of alkyl halides is 2. The third-order valence-electron chi connectivity index (χ3n) is 5.55. The highest BCUT2D eigenvalue weighted by molar-refractivity contribution is 7.59. The van der Waals surface area contributed by atoms with E-state index in [9.17, 15) is 18.4 Å². The first-order valence-electron chi connectivity index (χ1n) is 10.4. The van der Waals surface area contributed by atoms with E-state index in [4.69, 9.17) is 5.26 Å². The summed E-state index contributed by atoms with van der Waals surface area (Å²) in [6.45, 7) is -0.788. The summed E-state index contributed by atoms with van der Waals surface area (Å²) >= 11 is 0. The standard InChI is InChI=1S/C25H20F2N4O2.H2S/c26-25(27)14-19(15-28)31(16-25)24(33)6-5-23(32)20-9-12-30-22-4-3-18(13-21(20)22)2-1-17-7-10-29-11-8-17;/h1-4,7-13,19H,5-6,14,16H2;1H2/b2-1+;/t19-;/m0./s1. The number of hydrogen-bond acceptors (Lipinski definition) is 5. The van der Waals surface area contributed by atoms with Gasteiger partial charge >= 0.3 is 0 Å². The van der Waals surface area contributed by atoms with Crippen LogP contribution in [0.2, 0.25) is 0 Å². The monoisotopic (exact) mass is 480 g/mol. The summed E-state index contributed by atoms with van der Waals surface area (Å²) in [6.07, 6.45) is 7.71. The molecule has 34 heavy (non-hydrogen) atoms. The Kier molecular flexibility index (Phi) is 7.74. The normalized spacial score (nSPS) is 16.9. The fourth-order valence-corrected chi connectivity index (χ4v) is 3.87. The predicted octanol–water partition coefficient (Wildman–Crippen LogP) is 4.64. The molecule has 6 nitrogen and oxygen atoms in total. The average molecular weight is 481 g/mol. The predicted molar refractivity (Wildman–Crippen MR) is 130 cm³/mol. The van der Waals surface area contributed by atoms with E-state index in [-0.39, 0.29) is 32.1 Å². The van der Waals surface area contributed by atoms with E-state index >= 15 is 0 Å². The molecule has 174 valence electrons. The van der Waals surface area contributed by atoms with Gasteiger partial charge in [-0.15, -0.1) is 0 Å². The lowest BCUT2D eigenvalue weighted by molar-refractivity contribution is -0.132. The second-order valence-corrected chi connectivity index (χ2v) is 7.90. The minimum atomic E-state index is -3.08. The molecule has 3 heterocycles. The number of rotatable bonds is 6. The molecule has 2 aromatic heterocycles. The van der Waals surface area contributed by atoms with Crippen LogP contribution in [-0.2, 0) is 4.79 Å². The van der Waals surface area contributed by atoms with E-state index in [2.05, 4.69) is 9.97 Å². The number of benzene rings is 1. The number of pyridine rings is 2. The number of halogens is 2. The molecule has 4 rings (SSSR count). The first-order chi connectivity index (χ1) is 15.9. The van der Waals surface area contributed by atoms with E-state index in [1.165, 1.54) is 6.20 Å². The number of hydrogen-bond donors (Lipinski definition) is 0. The van der Waals surface area contributed by atoms with Gasteiger partial charge in [0.25, 0.3) is 5.92 Å². The van der Waals surface area contributed by atoms with Crippen LogP contribution >= 0.6 is 13.5 Å². The Labute approximate surface area is 202 Å². The van der Waals surface area contributed by atoms with Crippen LogP contribution in [0.3, 0.4) is 0 Å². The molecular formula is C25H22F2N4O2S. The van der Waals surface area contributed by atoms with E-state index in [0.29, 0.717) is 16.5 Å². The van der Waals surface area contributed by atoms with Gasteiger partial charge in [-0.3, -0.25) is 19.6 Å². The zero-order chi connectivity index (χ0) is 23.4. The number of likely N-dealkylation sites (tertiary alicyclic amines) is 1. The quantitative estimate of drug-likeness (QED) is 0.480. The maximum absolute atomic E-state index is 13.6. The number of aromatic nitrogens is 2. The van der Waals surface area contributed by atoms with Crippen LogP contribution < -0.4 is 0 Å². The lowest BCUT2D eigenvalue weighted by Gasteiger charge is -2.18. The topological polar surface area (TPSA) is 87.0 Å². The molecule has 0 N–H and O–H groups in total. The van der Waals surface area contributed by atoms with Gasteiger partial charge in [0, 0.05) is 48.8 Å². The van der Waals surface area contributed by atoms with Crippen molar-refractivity contribution in [1.82, 2.24) is 14.9 Å². The first-order valence-corrected chi connectivity index (χ1v) is 10.4. The smallest absolute Gasteiger partial charge is 0.268 e. The molecule has 1 saturated heterocycles. The van der Waals surface area contributed by atoms with Crippen molar-refractivity contribution >= 4 is 48.2 Å². The molecule has 1 aliphatic rings. The summed E-state index contributed by atoms with van der Waals surface area (Å²) in [5.74, 6) is -3.99. The number of nitrogens with zero attached hydrogens (tertiary/aromatic N) is 4. The summed E-state index contributed by atoms with van der Waals surface area (Å²) in [5.41, 5.74) is 2.90. The molecule has 1 fully saturated rings. The van der Waals surface area contributed by atoms with E-state index in [1.807, 2.05) is 42.5 Å². The number of Topliss-reactive ketones (excluding diaryl/α,β-unsaturated/α-hetero) is 1. The summed E-state index contributed by atoms with van der Waals surface area (Å²) in [4.78, 5) is 34.5. The van der Waals surface area contributed by atoms with Crippen molar-refractivity contribution in [3.8, 4) is 6.07 Å². The highest BCUT2D eigenvalue weighted by Gasteiger charge is 2.47. The maximum Gasteiger partial charge on any atom is 0.268 e. The van der Waals surface area contributed by atoms with Crippen molar-refractivity contribution in [2.24, 2.45) is 0 Å². The van der Waals surface area contributed by atoms with Crippen molar-refractivity contribution in [3.05, 3.63) is 71.7 Å². The summed E-state index contributed by atoms with van der Waals surface area (Å²) in [7, 11) is 0. The molecule has 1 aliphatic heterocycles. The average Bonchev–Trinajstić information content (AvgIpc) is 3.15. The molecule has 1 amide bonds. The minimum Gasteiger partial charge on any atom is -0.320 e. The van der Waals surface area contributed by atoms with Gasteiger partial charge in [-0.1, -0.05) is 18.2 Å². The van der Waals surface area contributed by atoms with Gasteiger partial charge in [0.05, 0.1) is 18.1 Å². The van der Waals surface area contributed by atoms with E-state index < -0.39 is 30.8 Å². The molecule has 0 radical (unpaired) electrons. The molecule has 0 aliphatic carbocycles. The van der Waals surface area contributed by atoms with E-state index in [0.717, 1.165) is 16.0 Å². The molecule has 3 aromatic rings. The first kappa shape index (κ1) is 25.0. The SMILES string of the molecule is N#C[C@@H]1CC(F)(F)CN1C(=O)CCC(=O)c1ccnc2ccc(/C=C/c3ccncc3)cc12.S. The molecule has 9 heteroatoms. The molecule has 1 atom stereocenters. The molecule has 0 unspecified atom stereocenters. The Morgan fingerprint density at radius 2 is 1.82 bits per heavy atom. The molecule has 0 spiro atoms. The molecule has 0 bridgehead atoms. The zero-order valence-corrected chi connectivity index (χ0v) is 19.1. The van der Waals surface area contributed by atoms with E-state index in [1.54, 1.807) is 24.5 Å². The molecule has 0 saturated carbocycles. The van der Waals surface area contributed by atoms with Crippen molar-refractivity contribution in [3.63, 3.8) is 0 Å². The molecular weight excluding hydrogens is 458 g/mol. The summed E-state index contributed by atoms with van der Waals surface area (Å²) in [5, 5.41) is 9.72. The number of fused-ring (bicyclic) bond motifs is 1. The minimum absolute atomic E-state index is 0. The van der Waals surface area contributed by atoms with Crippen molar-refractivity contribution < 1.29 is 18.4 Å². The van der Waals surface area contributed by atoms with Gasteiger partial charge in [-0.05, 0) is 41.5 Å². The molecule has 1 aromatic carbocycles. The van der Waals surface area contributed by atoms with Crippen LogP contribution in [0, 0.1) is 11.3 Å². The number of carbonyl (C=O) groups is 2. The fourth-order valence-electron chi connectivity index (χ4n) is 3.87. The third-order valence-corrected chi connectivity index (χ3v) is 5.55. The van der Waals surface area contributed by atoms with Crippen molar-refractivity contribution in [1.29, 1.82) is 5.26 Å². The Hall–Kier alpha value is -3.64.